The van der Waals surface area contributed by atoms with Crippen molar-refractivity contribution in [1.82, 2.24) is 0 Å². The smallest absolute Gasteiger partial charge is 0.335 e. The zero-order valence-corrected chi connectivity index (χ0v) is 17.7. The molecule has 1 fully saturated rings. The highest BCUT2D eigenvalue weighted by atomic mass is 79.9. The molecule has 3 aromatic carbocycles. The van der Waals surface area contributed by atoms with E-state index in [9.17, 15) is 19.5 Å². The van der Waals surface area contributed by atoms with Gasteiger partial charge in [-0.25, -0.2) is 9.69 Å². The van der Waals surface area contributed by atoms with E-state index >= 15 is 0 Å². The first-order chi connectivity index (χ1) is 14.9. The van der Waals surface area contributed by atoms with Crippen LogP contribution >= 0.6 is 15.9 Å². The van der Waals surface area contributed by atoms with Crippen LogP contribution in [-0.2, 0) is 13.9 Å². The lowest BCUT2D eigenvalue weighted by Crippen LogP contribution is -2.50. The molecule has 2 atom stereocenters. The van der Waals surface area contributed by atoms with E-state index in [1.807, 2.05) is 48.5 Å². The van der Waals surface area contributed by atoms with Crippen LogP contribution in [0.15, 0.2) is 72.8 Å². The van der Waals surface area contributed by atoms with Gasteiger partial charge in [0.15, 0.2) is 0 Å². The number of carbonyl (C=O) groups excluding carboxylic acids is 2. The van der Waals surface area contributed by atoms with E-state index in [0.717, 1.165) is 22.3 Å². The molecule has 31 heavy (non-hydrogen) atoms. The minimum absolute atomic E-state index is 0.0380. The van der Waals surface area contributed by atoms with Crippen molar-refractivity contribution in [3.05, 3.63) is 101 Å². The van der Waals surface area contributed by atoms with Gasteiger partial charge in [-0.3, -0.25) is 9.59 Å². The molecule has 0 unspecified atom stereocenters. The van der Waals surface area contributed by atoms with Gasteiger partial charge in [0.2, 0.25) is 11.8 Å². The Morgan fingerprint density at radius 3 is 2.10 bits per heavy atom. The van der Waals surface area contributed by atoms with Gasteiger partial charge in [0, 0.05) is 5.92 Å². The van der Waals surface area contributed by atoms with E-state index in [2.05, 4.69) is 15.9 Å². The number of hydrogen-bond donors (Lipinski definition) is 1. The predicted octanol–water partition coefficient (Wildman–Crippen LogP) is 4.29. The molecule has 0 radical (unpaired) electrons. The monoisotopic (exact) mass is 473 g/mol. The quantitative estimate of drug-likeness (QED) is 0.445. The normalized spacial score (nSPS) is 27.6. The number of carbonyl (C=O) groups is 3. The maximum absolute atomic E-state index is 13.8. The van der Waals surface area contributed by atoms with E-state index in [0.29, 0.717) is 5.69 Å². The summed E-state index contributed by atoms with van der Waals surface area (Å²) in [5.74, 6) is -3.07. The average molecular weight is 474 g/mol. The summed E-state index contributed by atoms with van der Waals surface area (Å²) in [6.07, 6.45) is 0. The molecule has 1 heterocycles. The minimum atomic E-state index is -1.10. The van der Waals surface area contributed by atoms with Crippen molar-refractivity contribution in [3.8, 4) is 0 Å². The summed E-state index contributed by atoms with van der Waals surface area (Å²) in [5.41, 5.74) is 4.48. The third kappa shape index (κ3) is 2.18. The van der Waals surface area contributed by atoms with E-state index in [1.54, 1.807) is 12.1 Å². The number of imide groups is 1. The zero-order chi connectivity index (χ0) is 21.5. The fraction of sp³-hybridized carbons (Fsp3) is 0.160. The average Bonchev–Trinajstić information content (AvgIpc) is 3.06. The van der Waals surface area contributed by atoms with Crippen LogP contribution in [0.2, 0.25) is 0 Å². The van der Waals surface area contributed by atoms with Crippen LogP contribution in [0, 0.1) is 11.8 Å². The van der Waals surface area contributed by atoms with Crippen molar-refractivity contribution in [2.24, 2.45) is 11.8 Å². The molecule has 0 spiro atoms. The lowest BCUT2D eigenvalue weighted by molar-refractivity contribution is -0.122. The van der Waals surface area contributed by atoms with Gasteiger partial charge < -0.3 is 5.11 Å². The molecular weight excluding hydrogens is 458 g/mol. The largest absolute Gasteiger partial charge is 0.478 e. The second-order valence-corrected chi connectivity index (χ2v) is 9.49. The summed E-state index contributed by atoms with van der Waals surface area (Å²) in [6.45, 7) is 0. The number of hydrogen-bond acceptors (Lipinski definition) is 3. The molecule has 3 aliphatic carbocycles. The van der Waals surface area contributed by atoms with Crippen LogP contribution in [0.1, 0.15) is 38.5 Å². The Morgan fingerprint density at radius 1 is 0.871 bits per heavy atom. The summed E-state index contributed by atoms with van der Waals surface area (Å²) in [7, 11) is 0. The zero-order valence-electron chi connectivity index (χ0n) is 16.2. The van der Waals surface area contributed by atoms with Gasteiger partial charge in [0.25, 0.3) is 0 Å². The molecule has 2 amide bonds. The summed E-state index contributed by atoms with van der Waals surface area (Å²) < 4.78 is -0.814. The molecule has 7 rings (SSSR count). The van der Waals surface area contributed by atoms with Gasteiger partial charge >= 0.3 is 5.97 Å². The van der Waals surface area contributed by atoms with Crippen molar-refractivity contribution in [3.63, 3.8) is 0 Å². The molecule has 3 aromatic rings. The van der Waals surface area contributed by atoms with E-state index in [1.165, 1.54) is 17.0 Å². The first-order valence-corrected chi connectivity index (χ1v) is 10.8. The molecule has 0 aromatic heterocycles. The highest BCUT2D eigenvalue weighted by Crippen LogP contribution is 2.66. The van der Waals surface area contributed by atoms with Crippen LogP contribution in [0.5, 0.6) is 0 Å². The first-order valence-electron chi connectivity index (χ1n) is 10.0. The number of nitrogens with zero attached hydrogens (tertiary/aromatic N) is 1. The Bertz CT molecular complexity index is 1270. The Hall–Kier alpha value is -3.25. The van der Waals surface area contributed by atoms with Crippen molar-refractivity contribution in [2.45, 2.75) is 10.2 Å². The number of rotatable bonds is 2. The number of anilines is 1. The number of aromatic carboxylic acids is 1. The predicted molar refractivity (Wildman–Crippen MR) is 117 cm³/mol. The highest BCUT2D eigenvalue weighted by molar-refractivity contribution is 9.09. The minimum Gasteiger partial charge on any atom is -0.478 e. The summed E-state index contributed by atoms with van der Waals surface area (Å²) in [4.78, 5) is 40.1. The molecule has 5 nitrogen and oxygen atoms in total. The van der Waals surface area contributed by atoms with E-state index in [4.69, 9.17) is 0 Å². The van der Waals surface area contributed by atoms with Gasteiger partial charge in [-0.1, -0.05) is 70.5 Å². The van der Waals surface area contributed by atoms with E-state index in [-0.39, 0.29) is 23.3 Å². The number of halogens is 1. The maximum atomic E-state index is 13.8. The Balaban J connectivity index is 1.58. The van der Waals surface area contributed by atoms with Crippen molar-refractivity contribution in [2.75, 3.05) is 4.90 Å². The number of carboxylic acid groups (broad SMARTS) is 1. The topological polar surface area (TPSA) is 74.7 Å². The van der Waals surface area contributed by atoms with Crippen molar-refractivity contribution in [1.29, 1.82) is 0 Å². The summed E-state index contributed by atoms with van der Waals surface area (Å²) >= 11 is 3.95. The molecule has 6 heteroatoms. The van der Waals surface area contributed by atoms with Crippen LogP contribution in [-0.4, -0.2) is 22.9 Å². The second kappa shape index (κ2) is 6.14. The van der Waals surface area contributed by atoms with Crippen LogP contribution in [0.4, 0.5) is 5.69 Å². The van der Waals surface area contributed by atoms with Crippen molar-refractivity contribution < 1.29 is 19.5 Å². The van der Waals surface area contributed by atoms with Gasteiger partial charge in [-0.2, -0.15) is 0 Å². The van der Waals surface area contributed by atoms with Gasteiger partial charge in [-0.15, -0.1) is 0 Å². The van der Waals surface area contributed by atoms with Gasteiger partial charge in [0.05, 0.1) is 27.4 Å². The number of benzene rings is 3. The molecular formula is C25H16BrNO4. The van der Waals surface area contributed by atoms with Crippen LogP contribution in [0.25, 0.3) is 0 Å². The SMILES string of the molecule is O=C(O)c1cccc(N2C(=O)[C@@H]3[C@@H](C2=O)C2c4ccccc4C3(Br)c3ccccc32)c1. The molecule has 1 aliphatic heterocycles. The van der Waals surface area contributed by atoms with E-state index < -0.39 is 22.1 Å². The number of alkyl halides is 1. The molecule has 2 bridgehead atoms. The van der Waals surface area contributed by atoms with Gasteiger partial charge in [-0.05, 0) is 40.5 Å². The summed E-state index contributed by atoms with van der Waals surface area (Å²) in [5, 5.41) is 9.37. The van der Waals surface area contributed by atoms with Crippen molar-refractivity contribution >= 4 is 39.4 Å². The number of carboxylic acids is 1. The standard InChI is InChI=1S/C25H16BrNO4/c26-25-17-10-3-1-8-15(17)19(16-9-2-4-11-18(16)25)20-21(25)23(29)27(22(20)28)14-7-5-6-13(12-14)24(30)31/h1-12,19-21H,(H,30,31)/t19?,20-,21-,25?/m0/s1. The lowest BCUT2D eigenvalue weighted by atomic mass is 9.55. The molecule has 0 saturated carbocycles. The van der Waals surface area contributed by atoms with Crippen LogP contribution < -0.4 is 4.90 Å². The number of amides is 2. The molecule has 1 N–H and O–H groups in total. The third-order valence-corrected chi connectivity index (χ3v) is 8.21. The Morgan fingerprint density at radius 2 is 1.48 bits per heavy atom. The highest BCUT2D eigenvalue weighted by Gasteiger charge is 2.67. The Kier molecular flexibility index (Phi) is 3.67. The molecule has 1 saturated heterocycles. The second-order valence-electron chi connectivity index (χ2n) is 8.23. The Labute approximate surface area is 186 Å². The maximum Gasteiger partial charge on any atom is 0.335 e. The fourth-order valence-corrected chi connectivity index (χ4v) is 6.91. The third-order valence-electron chi connectivity index (χ3n) is 6.87. The summed E-state index contributed by atoms with van der Waals surface area (Å²) in [6, 6.07) is 22.0. The molecule has 4 aliphatic rings. The first kappa shape index (κ1) is 18.5. The fourth-order valence-electron chi connectivity index (χ4n) is 5.71. The lowest BCUT2D eigenvalue weighted by Gasteiger charge is -2.51. The van der Waals surface area contributed by atoms with Crippen LogP contribution in [0.3, 0.4) is 0 Å². The molecule has 152 valence electrons. The van der Waals surface area contributed by atoms with Gasteiger partial charge in [0.1, 0.15) is 0 Å².